The van der Waals surface area contributed by atoms with Crippen molar-refractivity contribution in [3.05, 3.63) is 27.2 Å². The predicted octanol–water partition coefficient (Wildman–Crippen LogP) is 2.97. The lowest BCUT2D eigenvalue weighted by molar-refractivity contribution is -0.0167. The van der Waals surface area contributed by atoms with E-state index in [9.17, 15) is 0 Å². The van der Waals surface area contributed by atoms with Gasteiger partial charge in [-0.15, -0.1) is 0 Å². The van der Waals surface area contributed by atoms with Crippen molar-refractivity contribution in [1.29, 1.82) is 0 Å². The Hall–Kier alpha value is -0.250. The monoisotopic (exact) mass is 248 g/mol. The molecule has 0 bridgehead atoms. The molecule has 0 unspecified atom stereocenters. The molecule has 1 heterocycles. The lowest BCUT2D eigenvalue weighted by atomic mass is 10.2. The first-order valence-corrected chi connectivity index (χ1v) is 4.63. The predicted molar refractivity (Wildman–Crippen MR) is 49.4 cm³/mol. The molecule has 0 saturated heterocycles. The molecule has 0 saturated carbocycles. The van der Waals surface area contributed by atoms with Crippen LogP contribution >= 0.6 is 27.5 Å². The van der Waals surface area contributed by atoms with Crippen molar-refractivity contribution >= 4 is 27.5 Å². The molecule has 2 rings (SSSR count). The van der Waals surface area contributed by atoms with E-state index in [2.05, 4.69) is 15.9 Å². The maximum atomic E-state index is 5.89. The topological polar surface area (TPSA) is 18.5 Å². The van der Waals surface area contributed by atoms with Gasteiger partial charge in [0.05, 0.1) is 11.6 Å². The first-order chi connectivity index (χ1) is 5.79. The molecule has 0 fully saturated rings. The van der Waals surface area contributed by atoms with E-state index in [1.54, 1.807) is 6.07 Å². The summed E-state index contributed by atoms with van der Waals surface area (Å²) in [4.78, 5) is 0. The van der Waals surface area contributed by atoms with Crippen LogP contribution in [0.3, 0.4) is 0 Å². The van der Waals surface area contributed by atoms with Gasteiger partial charge in [-0.1, -0.05) is 11.6 Å². The van der Waals surface area contributed by atoms with Crippen LogP contribution in [0.25, 0.3) is 0 Å². The second-order valence-electron chi connectivity index (χ2n) is 2.45. The van der Waals surface area contributed by atoms with Crippen LogP contribution in [0.5, 0.6) is 5.75 Å². The third-order valence-corrected chi connectivity index (χ3v) is 3.15. The number of ether oxygens (including phenoxy) is 2. The summed E-state index contributed by atoms with van der Waals surface area (Å²) in [5.74, 6) is 0.845. The summed E-state index contributed by atoms with van der Waals surface area (Å²) in [6.45, 7) is 0.873. The largest absolute Gasteiger partial charge is 0.467 e. The normalized spacial score (nSPS) is 15.2. The van der Waals surface area contributed by atoms with Crippen molar-refractivity contribution in [2.45, 2.75) is 6.61 Å². The third-order valence-electron chi connectivity index (χ3n) is 1.70. The van der Waals surface area contributed by atoms with Crippen molar-refractivity contribution in [2.75, 3.05) is 6.79 Å². The number of hydrogen-bond acceptors (Lipinski definition) is 2. The van der Waals surface area contributed by atoms with Crippen molar-refractivity contribution in [1.82, 2.24) is 0 Å². The molecule has 4 heteroatoms. The van der Waals surface area contributed by atoms with E-state index in [1.165, 1.54) is 0 Å². The van der Waals surface area contributed by atoms with Gasteiger partial charge in [0.15, 0.2) is 6.79 Å². The van der Waals surface area contributed by atoms with Crippen molar-refractivity contribution < 1.29 is 9.47 Å². The summed E-state index contributed by atoms with van der Waals surface area (Å²) in [7, 11) is 0. The zero-order valence-electron chi connectivity index (χ0n) is 6.14. The minimum absolute atomic E-state index is 0.321. The quantitative estimate of drug-likeness (QED) is 0.704. The Morgan fingerprint density at radius 1 is 1.42 bits per heavy atom. The van der Waals surface area contributed by atoms with E-state index in [0.29, 0.717) is 18.4 Å². The van der Waals surface area contributed by atoms with Gasteiger partial charge in [-0.25, -0.2) is 0 Å². The van der Waals surface area contributed by atoms with Crippen LogP contribution in [-0.2, 0) is 11.3 Å². The molecule has 0 atom stereocenters. The maximum absolute atomic E-state index is 5.89. The van der Waals surface area contributed by atoms with Gasteiger partial charge in [-0.2, -0.15) is 0 Å². The fraction of sp³-hybridized carbons (Fsp3) is 0.250. The van der Waals surface area contributed by atoms with E-state index in [-0.39, 0.29) is 0 Å². The summed E-state index contributed by atoms with van der Waals surface area (Å²) in [5, 5.41) is 0.683. The number of benzene rings is 1. The molecule has 0 aliphatic carbocycles. The molecule has 64 valence electrons. The average molecular weight is 249 g/mol. The molecular formula is C8H6BrClO2. The highest BCUT2D eigenvalue weighted by atomic mass is 79.9. The minimum atomic E-state index is 0.321. The summed E-state index contributed by atoms with van der Waals surface area (Å²) >= 11 is 9.26. The smallest absolute Gasteiger partial charge is 0.189 e. The molecule has 0 aromatic heterocycles. The Balaban J connectivity index is 2.54. The molecule has 0 radical (unpaired) electrons. The van der Waals surface area contributed by atoms with Crippen molar-refractivity contribution in [3.8, 4) is 5.75 Å². The molecule has 12 heavy (non-hydrogen) atoms. The molecule has 0 spiro atoms. The van der Waals surface area contributed by atoms with E-state index in [0.717, 1.165) is 15.8 Å². The van der Waals surface area contributed by atoms with E-state index in [4.69, 9.17) is 21.1 Å². The van der Waals surface area contributed by atoms with E-state index >= 15 is 0 Å². The summed E-state index contributed by atoms with van der Waals surface area (Å²) in [5.41, 5.74) is 0.980. The van der Waals surface area contributed by atoms with Gasteiger partial charge in [0.25, 0.3) is 0 Å². The van der Waals surface area contributed by atoms with Crippen molar-refractivity contribution in [2.24, 2.45) is 0 Å². The molecular weight excluding hydrogens is 243 g/mol. The fourth-order valence-corrected chi connectivity index (χ4v) is 1.71. The zero-order valence-corrected chi connectivity index (χ0v) is 8.48. The zero-order chi connectivity index (χ0) is 8.55. The second-order valence-corrected chi connectivity index (χ2v) is 3.65. The number of rotatable bonds is 0. The molecule has 1 aromatic rings. The van der Waals surface area contributed by atoms with Gasteiger partial charge in [0, 0.05) is 10.0 Å². The Bertz CT molecular complexity index is 314. The van der Waals surface area contributed by atoms with Gasteiger partial charge in [0.1, 0.15) is 5.75 Å². The second kappa shape index (κ2) is 3.24. The van der Waals surface area contributed by atoms with Gasteiger partial charge < -0.3 is 9.47 Å². The molecule has 1 aliphatic heterocycles. The van der Waals surface area contributed by atoms with Crippen LogP contribution in [0, 0.1) is 0 Å². The van der Waals surface area contributed by atoms with E-state index in [1.807, 2.05) is 6.07 Å². The van der Waals surface area contributed by atoms with Gasteiger partial charge in [-0.3, -0.25) is 0 Å². The minimum Gasteiger partial charge on any atom is -0.467 e. The molecule has 0 amide bonds. The fourth-order valence-electron chi connectivity index (χ4n) is 1.09. The molecule has 1 aromatic carbocycles. The van der Waals surface area contributed by atoms with Crippen LogP contribution in [-0.4, -0.2) is 6.79 Å². The highest BCUT2D eigenvalue weighted by molar-refractivity contribution is 9.10. The molecule has 0 N–H and O–H groups in total. The average Bonchev–Trinajstić information content (AvgIpc) is 2.12. The van der Waals surface area contributed by atoms with Gasteiger partial charge in [-0.05, 0) is 28.1 Å². The summed E-state index contributed by atoms with van der Waals surface area (Å²) < 4.78 is 11.2. The summed E-state index contributed by atoms with van der Waals surface area (Å²) in [6.07, 6.45) is 0. The third kappa shape index (κ3) is 1.32. The number of fused-ring (bicyclic) bond motifs is 1. The number of halogens is 2. The molecule has 1 aliphatic rings. The van der Waals surface area contributed by atoms with Crippen LogP contribution in [0.15, 0.2) is 16.6 Å². The Labute approximate surface area is 83.6 Å². The van der Waals surface area contributed by atoms with Crippen LogP contribution in [0.2, 0.25) is 5.02 Å². The first kappa shape index (κ1) is 8.35. The van der Waals surface area contributed by atoms with Crippen LogP contribution < -0.4 is 4.74 Å². The first-order valence-electron chi connectivity index (χ1n) is 3.46. The Morgan fingerprint density at radius 3 is 3.08 bits per heavy atom. The van der Waals surface area contributed by atoms with Crippen LogP contribution in [0.1, 0.15) is 5.56 Å². The standard InChI is InChI=1S/C8H6BrClO2/c9-8-5-3-11-4-12-7(5)2-1-6(8)10/h1-2H,3-4H2. The SMILES string of the molecule is Clc1ccc2c(c1Br)COCO2. The van der Waals surface area contributed by atoms with Crippen molar-refractivity contribution in [3.63, 3.8) is 0 Å². The highest BCUT2D eigenvalue weighted by Crippen LogP contribution is 2.35. The van der Waals surface area contributed by atoms with Gasteiger partial charge >= 0.3 is 0 Å². The Morgan fingerprint density at radius 2 is 2.25 bits per heavy atom. The van der Waals surface area contributed by atoms with Gasteiger partial charge in [0.2, 0.25) is 0 Å². The summed E-state index contributed by atoms with van der Waals surface area (Å²) in [6, 6.07) is 3.65. The maximum Gasteiger partial charge on any atom is 0.189 e. The van der Waals surface area contributed by atoms with Crippen LogP contribution in [0.4, 0.5) is 0 Å². The Kier molecular flexibility index (Phi) is 2.26. The number of hydrogen-bond donors (Lipinski definition) is 0. The highest BCUT2D eigenvalue weighted by Gasteiger charge is 2.15. The lowest BCUT2D eigenvalue weighted by Crippen LogP contribution is -2.11. The molecule has 2 nitrogen and oxygen atoms in total. The van der Waals surface area contributed by atoms with E-state index < -0.39 is 0 Å². The lowest BCUT2D eigenvalue weighted by Gasteiger charge is -2.18.